The smallest absolute Gasteiger partial charge is 0.272 e. The number of rotatable bonds is 3. The molecule has 3 rings (SSSR count). The van der Waals surface area contributed by atoms with E-state index < -0.39 is 0 Å². The number of nitrogens with zero attached hydrogens (tertiary/aromatic N) is 2. The van der Waals surface area contributed by atoms with Crippen molar-refractivity contribution in [3.8, 4) is 5.69 Å². The van der Waals surface area contributed by atoms with Gasteiger partial charge in [-0.3, -0.25) is 4.79 Å². The van der Waals surface area contributed by atoms with Crippen molar-refractivity contribution in [2.75, 3.05) is 6.54 Å². The van der Waals surface area contributed by atoms with Crippen LogP contribution in [0.5, 0.6) is 0 Å². The number of halogens is 1. The standard InChI is InChI=1S/C16H19ClN4O/c1-11-9-13(5-7-18-11)19-16(22)15-6-8-21(20-15)14-4-2-3-12(17)10-14/h2-4,6,8,10-11,13,18H,5,7,9H2,1H3,(H,19,22). The molecule has 2 N–H and O–H groups in total. The fourth-order valence-electron chi connectivity index (χ4n) is 2.73. The van der Waals surface area contributed by atoms with Gasteiger partial charge in [-0.05, 0) is 50.6 Å². The number of carbonyl (C=O) groups excluding carboxylic acids is 1. The van der Waals surface area contributed by atoms with Crippen molar-refractivity contribution in [1.82, 2.24) is 20.4 Å². The molecule has 0 radical (unpaired) electrons. The maximum atomic E-state index is 12.3. The van der Waals surface area contributed by atoms with Gasteiger partial charge in [0.15, 0.2) is 5.69 Å². The lowest BCUT2D eigenvalue weighted by molar-refractivity contribution is 0.0920. The molecule has 1 saturated heterocycles. The van der Waals surface area contributed by atoms with E-state index in [1.54, 1.807) is 23.0 Å². The topological polar surface area (TPSA) is 59.0 Å². The van der Waals surface area contributed by atoms with Crippen LogP contribution in [0.3, 0.4) is 0 Å². The van der Waals surface area contributed by atoms with Gasteiger partial charge in [0.1, 0.15) is 0 Å². The molecule has 2 atom stereocenters. The number of nitrogens with one attached hydrogen (secondary N) is 2. The van der Waals surface area contributed by atoms with Gasteiger partial charge in [-0.25, -0.2) is 4.68 Å². The van der Waals surface area contributed by atoms with Crippen LogP contribution in [0.1, 0.15) is 30.3 Å². The number of piperidine rings is 1. The molecule has 0 aliphatic carbocycles. The Morgan fingerprint density at radius 2 is 2.32 bits per heavy atom. The quantitative estimate of drug-likeness (QED) is 0.913. The molecule has 0 saturated carbocycles. The van der Waals surface area contributed by atoms with Crippen LogP contribution in [-0.4, -0.2) is 34.3 Å². The Morgan fingerprint density at radius 3 is 3.09 bits per heavy atom. The van der Waals surface area contributed by atoms with Gasteiger partial charge in [-0.15, -0.1) is 0 Å². The molecule has 1 aliphatic heterocycles. The van der Waals surface area contributed by atoms with E-state index in [1.807, 2.05) is 18.2 Å². The van der Waals surface area contributed by atoms with Gasteiger partial charge in [0.05, 0.1) is 5.69 Å². The van der Waals surface area contributed by atoms with Gasteiger partial charge in [0.25, 0.3) is 5.91 Å². The minimum atomic E-state index is -0.125. The normalized spacial score (nSPS) is 21.5. The predicted molar refractivity (Wildman–Crippen MR) is 86.5 cm³/mol. The van der Waals surface area contributed by atoms with Crippen LogP contribution in [-0.2, 0) is 0 Å². The van der Waals surface area contributed by atoms with E-state index >= 15 is 0 Å². The summed E-state index contributed by atoms with van der Waals surface area (Å²) >= 11 is 5.98. The Morgan fingerprint density at radius 1 is 1.45 bits per heavy atom. The lowest BCUT2D eigenvalue weighted by atomic mass is 10.0. The summed E-state index contributed by atoms with van der Waals surface area (Å²) in [4.78, 5) is 12.3. The fourth-order valence-corrected chi connectivity index (χ4v) is 2.91. The maximum Gasteiger partial charge on any atom is 0.272 e. The average molecular weight is 319 g/mol. The molecule has 116 valence electrons. The monoisotopic (exact) mass is 318 g/mol. The summed E-state index contributed by atoms with van der Waals surface area (Å²) < 4.78 is 1.66. The molecular weight excluding hydrogens is 300 g/mol. The second-order valence-electron chi connectivity index (χ2n) is 5.68. The highest BCUT2D eigenvalue weighted by Gasteiger charge is 2.21. The first kappa shape index (κ1) is 15.1. The third kappa shape index (κ3) is 3.48. The Kier molecular flexibility index (Phi) is 4.45. The number of carbonyl (C=O) groups is 1. The molecular formula is C16H19ClN4O. The van der Waals surface area contributed by atoms with E-state index in [0.717, 1.165) is 25.1 Å². The third-order valence-electron chi connectivity index (χ3n) is 3.85. The number of benzene rings is 1. The first-order chi connectivity index (χ1) is 10.6. The van der Waals surface area contributed by atoms with Crippen LogP contribution in [0.2, 0.25) is 5.02 Å². The molecule has 6 heteroatoms. The Hall–Kier alpha value is -1.85. The largest absolute Gasteiger partial charge is 0.348 e. The maximum absolute atomic E-state index is 12.3. The molecule has 0 bridgehead atoms. The van der Waals surface area contributed by atoms with Crippen LogP contribution in [0.15, 0.2) is 36.5 Å². The van der Waals surface area contributed by atoms with E-state index in [9.17, 15) is 4.79 Å². The highest BCUT2D eigenvalue weighted by atomic mass is 35.5. The van der Waals surface area contributed by atoms with Crippen molar-refractivity contribution in [2.45, 2.75) is 31.8 Å². The number of hydrogen-bond acceptors (Lipinski definition) is 3. The van der Waals surface area contributed by atoms with Crippen LogP contribution < -0.4 is 10.6 Å². The Balaban J connectivity index is 1.69. The van der Waals surface area contributed by atoms with E-state index in [-0.39, 0.29) is 11.9 Å². The summed E-state index contributed by atoms with van der Waals surface area (Å²) in [6.07, 6.45) is 3.66. The average Bonchev–Trinajstić information content (AvgIpc) is 2.97. The van der Waals surface area contributed by atoms with Gasteiger partial charge in [0, 0.05) is 23.3 Å². The zero-order valence-corrected chi connectivity index (χ0v) is 13.2. The van der Waals surface area contributed by atoms with Crippen LogP contribution in [0.25, 0.3) is 5.69 Å². The molecule has 1 aromatic heterocycles. The Labute approximate surface area is 134 Å². The first-order valence-corrected chi connectivity index (χ1v) is 7.85. The third-order valence-corrected chi connectivity index (χ3v) is 4.09. The summed E-state index contributed by atoms with van der Waals surface area (Å²) in [6.45, 7) is 3.06. The number of hydrogen-bond donors (Lipinski definition) is 2. The summed E-state index contributed by atoms with van der Waals surface area (Å²) in [5.74, 6) is -0.125. The predicted octanol–water partition coefficient (Wildman–Crippen LogP) is 2.40. The molecule has 1 fully saturated rings. The summed E-state index contributed by atoms with van der Waals surface area (Å²) in [5.41, 5.74) is 1.26. The molecule has 2 aromatic rings. The molecule has 1 aromatic carbocycles. The highest BCUT2D eigenvalue weighted by molar-refractivity contribution is 6.30. The number of aromatic nitrogens is 2. The SMILES string of the molecule is CC1CC(NC(=O)c2ccn(-c3cccc(Cl)c3)n2)CCN1. The van der Waals surface area contributed by atoms with E-state index in [0.29, 0.717) is 16.8 Å². The molecule has 2 heterocycles. The van der Waals surface area contributed by atoms with Crippen molar-refractivity contribution >= 4 is 17.5 Å². The van der Waals surface area contributed by atoms with E-state index in [1.165, 1.54) is 0 Å². The fraction of sp³-hybridized carbons (Fsp3) is 0.375. The van der Waals surface area contributed by atoms with Crippen LogP contribution in [0.4, 0.5) is 0 Å². The van der Waals surface area contributed by atoms with Crippen molar-refractivity contribution < 1.29 is 4.79 Å². The molecule has 0 spiro atoms. The summed E-state index contributed by atoms with van der Waals surface area (Å²) in [7, 11) is 0. The van der Waals surface area contributed by atoms with E-state index in [4.69, 9.17) is 11.6 Å². The minimum absolute atomic E-state index is 0.125. The molecule has 2 unspecified atom stereocenters. The second-order valence-corrected chi connectivity index (χ2v) is 6.11. The van der Waals surface area contributed by atoms with Crippen molar-refractivity contribution in [3.63, 3.8) is 0 Å². The van der Waals surface area contributed by atoms with Crippen LogP contribution in [0, 0.1) is 0 Å². The number of amides is 1. The van der Waals surface area contributed by atoms with Gasteiger partial charge in [-0.1, -0.05) is 17.7 Å². The van der Waals surface area contributed by atoms with Gasteiger partial charge in [0.2, 0.25) is 0 Å². The zero-order valence-electron chi connectivity index (χ0n) is 12.4. The summed E-state index contributed by atoms with van der Waals surface area (Å²) in [5, 5.41) is 11.4. The first-order valence-electron chi connectivity index (χ1n) is 7.47. The van der Waals surface area contributed by atoms with Crippen molar-refractivity contribution in [3.05, 3.63) is 47.2 Å². The molecule has 22 heavy (non-hydrogen) atoms. The van der Waals surface area contributed by atoms with Gasteiger partial charge >= 0.3 is 0 Å². The molecule has 5 nitrogen and oxygen atoms in total. The lowest BCUT2D eigenvalue weighted by Crippen LogP contribution is -2.46. The highest BCUT2D eigenvalue weighted by Crippen LogP contribution is 2.15. The summed E-state index contributed by atoms with van der Waals surface area (Å²) in [6, 6.07) is 9.74. The van der Waals surface area contributed by atoms with Crippen molar-refractivity contribution in [2.24, 2.45) is 0 Å². The van der Waals surface area contributed by atoms with Crippen LogP contribution >= 0.6 is 11.6 Å². The second kappa shape index (κ2) is 6.50. The van der Waals surface area contributed by atoms with Gasteiger partial charge < -0.3 is 10.6 Å². The minimum Gasteiger partial charge on any atom is -0.348 e. The van der Waals surface area contributed by atoms with E-state index in [2.05, 4.69) is 22.7 Å². The lowest BCUT2D eigenvalue weighted by Gasteiger charge is -2.28. The molecule has 1 amide bonds. The Bertz CT molecular complexity index is 670. The van der Waals surface area contributed by atoms with Gasteiger partial charge in [-0.2, -0.15) is 5.10 Å². The van der Waals surface area contributed by atoms with Crippen molar-refractivity contribution in [1.29, 1.82) is 0 Å². The molecule has 1 aliphatic rings. The zero-order chi connectivity index (χ0) is 15.5.